The van der Waals surface area contributed by atoms with Crippen LogP contribution in [-0.2, 0) is 16.0 Å². The van der Waals surface area contributed by atoms with Crippen LogP contribution < -0.4 is 10.1 Å². The van der Waals surface area contributed by atoms with Gasteiger partial charge in [-0.2, -0.15) is 0 Å². The number of rotatable bonds is 9. The SMILES string of the molecule is CC/C=C\C1=C(C)c2ccccc2C1COC(=O)N[C@@H](Cc1ccccc1OC(F)(F)F)C(=O)O. The Bertz CT molecular complexity index is 1140. The van der Waals surface area contributed by atoms with Crippen molar-refractivity contribution in [2.24, 2.45) is 0 Å². The monoisotopic (exact) mass is 489 g/mol. The third kappa shape index (κ3) is 6.65. The van der Waals surface area contributed by atoms with E-state index in [1.165, 1.54) is 18.2 Å². The predicted molar refractivity (Wildman–Crippen MR) is 124 cm³/mol. The van der Waals surface area contributed by atoms with E-state index >= 15 is 0 Å². The number of carbonyl (C=O) groups is 2. The van der Waals surface area contributed by atoms with E-state index in [2.05, 4.69) is 10.1 Å². The van der Waals surface area contributed by atoms with Gasteiger partial charge in [-0.3, -0.25) is 0 Å². The summed E-state index contributed by atoms with van der Waals surface area (Å²) in [5.41, 5.74) is 4.12. The molecule has 0 bridgehead atoms. The number of para-hydroxylation sites is 1. The third-order valence-corrected chi connectivity index (χ3v) is 5.68. The number of halogens is 3. The Kier molecular flexibility index (Phi) is 8.22. The number of alkyl halides is 3. The molecule has 1 unspecified atom stereocenters. The van der Waals surface area contributed by atoms with Gasteiger partial charge in [-0.05, 0) is 47.2 Å². The lowest BCUT2D eigenvalue weighted by Crippen LogP contribution is -2.43. The Hall–Kier alpha value is -3.75. The van der Waals surface area contributed by atoms with Crippen LogP contribution in [0.5, 0.6) is 5.75 Å². The Labute approximate surface area is 201 Å². The van der Waals surface area contributed by atoms with Gasteiger partial charge in [-0.15, -0.1) is 13.2 Å². The standard InChI is InChI=1S/C26H26F3NO5/c1-3-4-10-19-16(2)18-11-6-7-12-20(18)21(19)15-34-25(33)30-22(24(31)32)14-17-9-5-8-13-23(17)35-26(27,28)29/h4-13,21-22H,3,14-15H2,1-2H3,(H,30,33)(H,31,32)/b10-4-/t21?,22-/m0/s1. The number of amides is 1. The lowest BCUT2D eigenvalue weighted by atomic mass is 9.96. The molecule has 2 N–H and O–H groups in total. The average Bonchev–Trinajstić information content (AvgIpc) is 3.07. The van der Waals surface area contributed by atoms with Gasteiger partial charge in [-0.25, -0.2) is 9.59 Å². The van der Waals surface area contributed by atoms with Crippen molar-refractivity contribution in [3.05, 3.63) is 82.9 Å². The van der Waals surface area contributed by atoms with Crippen molar-refractivity contribution in [1.82, 2.24) is 5.32 Å². The van der Waals surface area contributed by atoms with Gasteiger partial charge < -0.3 is 19.9 Å². The fourth-order valence-electron chi connectivity index (χ4n) is 4.05. The summed E-state index contributed by atoms with van der Waals surface area (Å²) in [7, 11) is 0. The summed E-state index contributed by atoms with van der Waals surface area (Å²) in [6, 6.07) is 11.4. The van der Waals surface area contributed by atoms with Crippen molar-refractivity contribution in [2.45, 2.75) is 45.0 Å². The molecule has 0 aliphatic heterocycles. The van der Waals surface area contributed by atoms with Crippen LogP contribution in [0, 0.1) is 0 Å². The number of carboxylic acids is 1. The predicted octanol–water partition coefficient (Wildman–Crippen LogP) is 5.84. The molecular weight excluding hydrogens is 463 g/mol. The quantitative estimate of drug-likeness (QED) is 0.462. The van der Waals surface area contributed by atoms with Crippen LogP contribution in [-0.4, -0.2) is 36.2 Å². The van der Waals surface area contributed by atoms with E-state index in [9.17, 15) is 27.9 Å². The summed E-state index contributed by atoms with van der Waals surface area (Å²) < 4.78 is 47.4. The van der Waals surface area contributed by atoms with Crippen molar-refractivity contribution >= 4 is 17.6 Å². The number of ether oxygens (including phenoxy) is 2. The molecule has 0 aromatic heterocycles. The molecule has 2 atom stereocenters. The number of aliphatic carboxylic acids is 1. The molecule has 0 radical (unpaired) electrons. The number of hydrogen-bond acceptors (Lipinski definition) is 4. The highest BCUT2D eigenvalue weighted by Crippen LogP contribution is 2.42. The maximum Gasteiger partial charge on any atom is 0.573 e. The van der Waals surface area contributed by atoms with Gasteiger partial charge in [-0.1, -0.05) is 61.5 Å². The van der Waals surface area contributed by atoms with Gasteiger partial charge >= 0.3 is 18.4 Å². The highest BCUT2D eigenvalue weighted by Gasteiger charge is 2.33. The molecule has 2 aromatic rings. The topological polar surface area (TPSA) is 84.9 Å². The van der Waals surface area contributed by atoms with Crippen LogP contribution in [0.1, 0.15) is 42.9 Å². The van der Waals surface area contributed by atoms with Gasteiger partial charge in [0.15, 0.2) is 0 Å². The van der Waals surface area contributed by atoms with Crippen LogP contribution in [0.25, 0.3) is 5.57 Å². The van der Waals surface area contributed by atoms with Crippen LogP contribution >= 0.6 is 0 Å². The molecule has 1 aliphatic carbocycles. The van der Waals surface area contributed by atoms with E-state index in [0.717, 1.165) is 34.8 Å². The van der Waals surface area contributed by atoms with Gasteiger partial charge in [0.2, 0.25) is 0 Å². The maximum absolute atomic E-state index is 12.7. The highest BCUT2D eigenvalue weighted by atomic mass is 19.4. The summed E-state index contributed by atoms with van der Waals surface area (Å²) >= 11 is 0. The maximum atomic E-state index is 12.7. The zero-order chi connectivity index (χ0) is 25.6. The van der Waals surface area contributed by atoms with Crippen molar-refractivity contribution in [3.8, 4) is 5.75 Å². The summed E-state index contributed by atoms with van der Waals surface area (Å²) in [6.07, 6.45) is -1.49. The molecule has 0 saturated carbocycles. The normalized spacial score (nSPS) is 16.2. The lowest BCUT2D eigenvalue weighted by molar-refractivity contribution is -0.274. The number of carbonyl (C=O) groups excluding carboxylic acids is 1. The number of benzene rings is 2. The fraction of sp³-hybridized carbons (Fsp3) is 0.308. The zero-order valence-electron chi connectivity index (χ0n) is 19.3. The molecule has 186 valence electrons. The molecule has 0 fully saturated rings. The molecule has 0 saturated heterocycles. The minimum Gasteiger partial charge on any atom is -0.480 e. The van der Waals surface area contributed by atoms with E-state index in [-0.39, 0.29) is 18.1 Å². The number of alkyl carbamates (subject to hydrolysis) is 1. The largest absolute Gasteiger partial charge is 0.573 e. The Morgan fingerprint density at radius 2 is 1.83 bits per heavy atom. The summed E-state index contributed by atoms with van der Waals surface area (Å²) in [4.78, 5) is 24.2. The molecule has 9 heteroatoms. The number of fused-ring (bicyclic) bond motifs is 1. The van der Waals surface area contributed by atoms with E-state index in [1.807, 2.05) is 50.3 Å². The minimum atomic E-state index is -4.94. The first-order chi connectivity index (χ1) is 16.6. The molecule has 6 nitrogen and oxygen atoms in total. The first-order valence-corrected chi connectivity index (χ1v) is 11.1. The molecule has 35 heavy (non-hydrogen) atoms. The number of allylic oxidation sites excluding steroid dienone is 3. The lowest BCUT2D eigenvalue weighted by Gasteiger charge is -2.19. The molecule has 1 amide bonds. The van der Waals surface area contributed by atoms with E-state index < -0.39 is 36.6 Å². The Balaban J connectivity index is 1.70. The van der Waals surface area contributed by atoms with Crippen LogP contribution in [0.3, 0.4) is 0 Å². The second-order valence-corrected chi connectivity index (χ2v) is 8.02. The van der Waals surface area contributed by atoms with E-state index in [1.54, 1.807) is 0 Å². The van der Waals surface area contributed by atoms with E-state index in [4.69, 9.17) is 4.74 Å². The van der Waals surface area contributed by atoms with Crippen molar-refractivity contribution in [1.29, 1.82) is 0 Å². The van der Waals surface area contributed by atoms with Crippen molar-refractivity contribution < 1.29 is 37.3 Å². The smallest absolute Gasteiger partial charge is 0.480 e. The second-order valence-electron chi connectivity index (χ2n) is 8.02. The second kappa shape index (κ2) is 11.1. The zero-order valence-corrected chi connectivity index (χ0v) is 19.3. The third-order valence-electron chi connectivity index (χ3n) is 5.68. The van der Waals surface area contributed by atoms with Crippen molar-refractivity contribution in [2.75, 3.05) is 6.61 Å². The molecule has 3 rings (SSSR count). The van der Waals surface area contributed by atoms with E-state index in [0.29, 0.717) is 0 Å². The van der Waals surface area contributed by atoms with Crippen LogP contribution in [0.2, 0.25) is 0 Å². The first-order valence-electron chi connectivity index (χ1n) is 11.1. The highest BCUT2D eigenvalue weighted by molar-refractivity contribution is 5.81. The molecule has 0 heterocycles. The minimum absolute atomic E-state index is 0.0206. The van der Waals surface area contributed by atoms with Gasteiger partial charge in [0.05, 0.1) is 0 Å². The average molecular weight is 489 g/mol. The van der Waals surface area contributed by atoms with Gasteiger partial charge in [0.1, 0.15) is 18.4 Å². The number of hydrogen-bond donors (Lipinski definition) is 2. The van der Waals surface area contributed by atoms with Crippen molar-refractivity contribution in [3.63, 3.8) is 0 Å². The summed E-state index contributed by atoms with van der Waals surface area (Å²) in [5.74, 6) is -2.17. The number of carboxylic acid groups (broad SMARTS) is 1. The summed E-state index contributed by atoms with van der Waals surface area (Å²) in [5, 5.41) is 11.8. The Morgan fingerprint density at radius 1 is 1.14 bits per heavy atom. The molecular formula is C26H26F3NO5. The molecule has 1 aliphatic rings. The van der Waals surface area contributed by atoms with Gasteiger partial charge in [0, 0.05) is 12.3 Å². The number of nitrogens with one attached hydrogen (secondary N) is 1. The van der Waals surface area contributed by atoms with Crippen LogP contribution in [0.15, 0.2) is 66.3 Å². The molecule has 0 spiro atoms. The molecule has 2 aromatic carbocycles. The van der Waals surface area contributed by atoms with Crippen LogP contribution in [0.4, 0.5) is 18.0 Å². The summed E-state index contributed by atoms with van der Waals surface area (Å²) in [6.45, 7) is 3.98. The Morgan fingerprint density at radius 3 is 2.51 bits per heavy atom. The fourth-order valence-corrected chi connectivity index (χ4v) is 4.05. The van der Waals surface area contributed by atoms with Gasteiger partial charge in [0.25, 0.3) is 0 Å². The first kappa shape index (κ1) is 25.9.